The second kappa shape index (κ2) is 11.4. The van der Waals surface area contributed by atoms with Crippen LogP contribution in [0.15, 0.2) is 53.9 Å². The standard InChI is InChI=1S/C26H26F3N9O/c1-33-12-17-18(30)3-2-4-19(17)37-24-21(23(32)35-13-36-24)22(31)14-5-7-15(8-6-14)25(39)38-20-11-16(9-10-34-20)26(27,28)29/h5-13,17,19,30-31H,2-4H2,1H3,(H,34,38,39)(H3,32,35,36,37)/t17?,19-/m0/s1. The van der Waals surface area contributed by atoms with Crippen LogP contribution in [0.3, 0.4) is 0 Å². The second-order valence-electron chi connectivity index (χ2n) is 8.92. The highest BCUT2D eigenvalue weighted by Crippen LogP contribution is 2.30. The van der Waals surface area contributed by atoms with E-state index in [0.717, 1.165) is 31.2 Å². The quantitative estimate of drug-likeness (QED) is 0.279. The van der Waals surface area contributed by atoms with Gasteiger partial charge in [0.05, 0.1) is 22.8 Å². The molecular formula is C26H26F3N9O. The van der Waals surface area contributed by atoms with E-state index in [4.69, 9.17) is 16.6 Å². The van der Waals surface area contributed by atoms with Crippen molar-refractivity contribution < 1.29 is 18.0 Å². The summed E-state index contributed by atoms with van der Waals surface area (Å²) in [6.07, 6.45) is 1.72. The van der Waals surface area contributed by atoms with E-state index in [1.165, 1.54) is 30.6 Å². The molecule has 3 aromatic rings. The molecule has 1 aromatic carbocycles. The minimum atomic E-state index is -4.57. The van der Waals surface area contributed by atoms with E-state index in [0.29, 0.717) is 23.5 Å². The van der Waals surface area contributed by atoms with E-state index < -0.39 is 17.6 Å². The summed E-state index contributed by atoms with van der Waals surface area (Å²) in [5, 5.41) is 22.8. The first-order valence-electron chi connectivity index (χ1n) is 12.0. The Morgan fingerprint density at radius 2 is 1.87 bits per heavy atom. The maximum absolute atomic E-state index is 12.9. The molecule has 0 saturated heterocycles. The van der Waals surface area contributed by atoms with E-state index in [-0.39, 0.29) is 40.4 Å². The molecule has 0 aliphatic heterocycles. The van der Waals surface area contributed by atoms with Gasteiger partial charge in [-0.15, -0.1) is 0 Å². The van der Waals surface area contributed by atoms with Gasteiger partial charge in [-0.05, 0) is 43.5 Å². The number of benzene rings is 1. The topological polar surface area (TPSA) is 166 Å². The maximum Gasteiger partial charge on any atom is 0.416 e. The molecule has 39 heavy (non-hydrogen) atoms. The number of aliphatic imine (C=N–C) groups is 1. The Bertz CT molecular complexity index is 1420. The molecule has 6 N–H and O–H groups in total. The third-order valence-electron chi connectivity index (χ3n) is 6.32. The van der Waals surface area contributed by atoms with Crippen LogP contribution in [-0.2, 0) is 6.18 Å². The number of pyridine rings is 1. The highest BCUT2D eigenvalue weighted by atomic mass is 19.4. The number of rotatable bonds is 7. The van der Waals surface area contributed by atoms with Crippen molar-refractivity contribution in [2.75, 3.05) is 23.4 Å². The third kappa shape index (κ3) is 6.25. The summed E-state index contributed by atoms with van der Waals surface area (Å²) in [5.41, 5.74) is 6.63. The Morgan fingerprint density at radius 3 is 2.56 bits per heavy atom. The normalized spacial score (nSPS) is 17.7. The highest BCUT2D eigenvalue weighted by Gasteiger charge is 2.31. The Kier molecular flexibility index (Phi) is 7.98. The average Bonchev–Trinajstić information content (AvgIpc) is 2.90. The van der Waals surface area contributed by atoms with Crippen molar-refractivity contribution in [2.45, 2.75) is 31.5 Å². The van der Waals surface area contributed by atoms with Gasteiger partial charge in [-0.3, -0.25) is 10.2 Å². The molecule has 4 rings (SSSR count). The molecule has 2 heterocycles. The molecule has 1 amide bonds. The first kappa shape index (κ1) is 27.4. The molecule has 1 saturated carbocycles. The zero-order chi connectivity index (χ0) is 28.2. The molecule has 0 radical (unpaired) electrons. The first-order chi connectivity index (χ1) is 18.6. The van der Waals surface area contributed by atoms with Crippen LogP contribution in [0.2, 0.25) is 0 Å². The second-order valence-corrected chi connectivity index (χ2v) is 8.92. The van der Waals surface area contributed by atoms with E-state index in [2.05, 4.69) is 30.6 Å². The smallest absolute Gasteiger partial charge is 0.383 e. The van der Waals surface area contributed by atoms with Crippen LogP contribution < -0.4 is 16.4 Å². The molecular weight excluding hydrogens is 511 g/mol. The van der Waals surface area contributed by atoms with Crippen molar-refractivity contribution in [3.05, 3.63) is 71.2 Å². The molecule has 1 aliphatic rings. The van der Waals surface area contributed by atoms with Gasteiger partial charge >= 0.3 is 6.18 Å². The SMILES string of the molecule is CN=CC1C(=N)CCC[C@@H]1Nc1ncnc(N)c1C(=N)c1ccc(C(=O)Nc2cc(C(F)(F)F)ccn2)cc1. The number of amides is 1. The van der Waals surface area contributed by atoms with Crippen LogP contribution in [0.4, 0.5) is 30.6 Å². The predicted molar refractivity (Wildman–Crippen MR) is 143 cm³/mol. The molecule has 0 bridgehead atoms. The number of aromatic nitrogens is 3. The van der Waals surface area contributed by atoms with Crippen LogP contribution >= 0.6 is 0 Å². The van der Waals surface area contributed by atoms with Crippen molar-refractivity contribution >= 4 is 41.0 Å². The zero-order valence-electron chi connectivity index (χ0n) is 20.9. The van der Waals surface area contributed by atoms with Crippen LogP contribution in [0.5, 0.6) is 0 Å². The lowest BCUT2D eigenvalue weighted by molar-refractivity contribution is -0.137. The van der Waals surface area contributed by atoms with E-state index in [9.17, 15) is 18.0 Å². The lowest BCUT2D eigenvalue weighted by atomic mass is 9.83. The summed E-state index contributed by atoms with van der Waals surface area (Å²) >= 11 is 0. The van der Waals surface area contributed by atoms with E-state index >= 15 is 0 Å². The third-order valence-corrected chi connectivity index (χ3v) is 6.32. The monoisotopic (exact) mass is 537 g/mol. The van der Waals surface area contributed by atoms with E-state index in [1.54, 1.807) is 13.3 Å². The molecule has 1 aliphatic carbocycles. The summed E-state index contributed by atoms with van der Waals surface area (Å²) < 4.78 is 38.8. The Morgan fingerprint density at radius 1 is 1.15 bits per heavy atom. The Labute approximate surface area is 222 Å². The molecule has 2 aromatic heterocycles. The van der Waals surface area contributed by atoms with E-state index in [1.807, 2.05) is 0 Å². The number of nitrogen functional groups attached to an aromatic ring is 1. The average molecular weight is 538 g/mol. The summed E-state index contributed by atoms with van der Waals surface area (Å²) in [7, 11) is 1.66. The van der Waals surface area contributed by atoms with Crippen molar-refractivity contribution in [1.82, 2.24) is 15.0 Å². The maximum atomic E-state index is 12.9. The fraction of sp³-hybridized carbons (Fsp3) is 0.269. The lowest BCUT2D eigenvalue weighted by Crippen LogP contribution is -2.39. The number of halogens is 3. The number of nitrogens with one attached hydrogen (secondary N) is 4. The Hall–Kier alpha value is -4.68. The summed E-state index contributed by atoms with van der Waals surface area (Å²) in [4.78, 5) is 28.8. The molecule has 2 atom stereocenters. The number of alkyl halides is 3. The van der Waals surface area contributed by atoms with Gasteiger partial charge in [0.25, 0.3) is 5.91 Å². The lowest BCUT2D eigenvalue weighted by Gasteiger charge is -2.31. The minimum absolute atomic E-state index is 0.00805. The summed E-state index contributed by atoms with van der Waals surface area (Å²) in [6.45, 7) is 0. The van der Waals surface area contributed by atoms with Crippen LogP contribution in [0.25, 0.3) is 0 Å². The predicted octanol–water partition coefficient (Wildman–Crippen LogP) is 4.44. The molecule has 1 fully saturated rings. The van der Waals surface area contributed by atoms with Gasteiger partial charge in [-0.25, -0.2) is 15.0 Å². The van der Waals surface area contributed by atoms with Gasteiger partial charge in [0.2, 0.25) is 0 Å². The van der Waals surface area contributed by atoms with Crippen molar-refractivity contribution in [3.63, 3.8) is 0 Å². The van der Waals surface area contributed by atoms with Gasteiger partial charge in [0.15, 0.2) is 0 Å². The Balaban J connectivity index is 1.53. The van der Waals surface area contributed by atoms with Gasteiger partial charge in [0.1, 0.15) is 23.8 Å². The number of carbonyl (C=O) groups excluding carboxylic acids is 1. The fourth-order valence-electron chi connectivity index (χ4n) is 4.34. The summed E-state index contributed by atoms with van der Waals surface area (Å²) in [5.74, 6) is -0.682. The number of hydrogen-bond acceptors (Lipinski definition) is 9. The van der Waals surface area contributed by atoms with Gasteiger partial charge < -0.3 is 26.8 Å². The number of hydrogen-bond donors (Lipinski definition) is 5. The van der Waals surface area contributed by atoms with Crippen LogP contribution in [0.1, 0.15) is 46.3 Å². The highest BCUT2D eigenvalue weighted by molar-refractivity contribution is 6.16. The van der Waals surface area contributed by atoms with Crippen LogP contribution in [-0.4, -0.2) is 51.6 Å². The zero-order valence-corrected chi connectivity index (χ0v) is 20.9. The first-order valence-corrected chi connectivity index (χ1v) is 12.0. The fourth-order valence-corrected chi connectivity index (χ4v) is 4.34. The summed E-state index contributed by atoms with van der Waals surface area (Å²) in [6, 6.07) is 7.33. The number of nitrogens with zero attached hydrogens (tertiary/aromatic N) is 4. The van der Waals surface area contributed by atoms with Gasteiger partial charge in [-0.2, -0.15) is 13.2 Å². The van der Waals surface area contributed by atoms with Crippen LogP contribution in [0, 0.1) is 16.7 Å². The largest absolute Gasteiger partial charge is 0.416 e. The van der Waals surface area contributed by atoms with Gasteiger partial charge in [0, 0.05) is 42.3 Å². The minimum Gasteiger partial charge on any atom is -0.383 e. The molecule has 202 valence electrons. The molecule has 10 nitrogen and oxygen atoms in total. The number of carbonyl (C=O) groups is 1. The van der Waals surface area contributed by atoms with Crippen molar-refractivity contribution in [3.8, 4) is 0 Å². The van der Waals surface area contributed by atoms with Crippen molar-refractivity contribution in [2.24, 2.45) is 10.9 Å². The molecule has 0 spiro atoms. The van der Waals surface area contributed by atoms with Gasteiger partial charge in [-0.1, -0.05) is 12.1 Å². The molecule has 1 unspecified atom stereocenters. The van der Waals surface area contributed by atoms with Crippen molar-refractivity contribution in [1.29, 1.82) is 10.8 Å². The number of nitrogens with two attached hydrogens (primary N) is 1. The molecule has 13 heteroatoms. The number of anilines is 3.